The molecule has 0 fully saturated rings. The lowest BCUT2D eigenvalue weighted by atomic mass is 9.92. The number of aliphatic hydroxyl groups excluding tert-OH is 1. The molecule has 1 atom stereocenters. The molecule has 0 amide bonds. The molecular weight excluding hydrogens is 336 g/mol. The first-order chi connectivity index (χ1) is 12.1. The van der Waals surface area contributed by atoms with Crippen LogP contribution in [0.1, 0.15) is 41.8 Å². The maximum Gasteiger partial charge on any atom is 0.166 e. The summed E-state index contributed by atoms with van der Waals surface area (Å²) in [5, 5.41) is 49.1. The highest BCUT2D eigenvalue weighted by Gasteiger charge is 2.26. The molecule has 0 heterocycles. The average molecular weight is 360 g/mol. The van der Waals surface area contributed by atoms with Crippen LogP contribution in [0, 0.1) is 0 Å². The number of carbonyl (C=O) groups excluding carboxylic acids is 1. The summed E-state index contributed by atoms with van der Waals surface area (Å²) in [7, 11) is 0. The van der Waals surface area contributed by atoms with Crippen LogP contribution in [0.4, 0.5) is 0 Å². The summed E-state index contributed by atoms with van der Waals surface area (Å²) in [6.45, 7) is 2.89. The zero-order valence-corrected chi connectivity index (χ0v) is 14.8. The van der Waals surface area contributed by atoms with Crippen molar-refractivity contribution >= 4 is 5.78 Å². The fourth-order valence-electron chi connectivity index (χ4n) is 2.52. The number of Topliss-reactive ketones (excluding diaryl/α,β-unsaturated/α-hetero) is 1. The first kappa shape index (κ1) is 19.8. The topological polar surface area (TPSA) is 118 Å². The molecule has 2 rings (SSSR count). The summed E-state index contributed by atoms with van der Waals surface area (Å²) in [4.78, 5) is 12.4. The van der Waals surface area contributed by atoms with Crippen LogP contribution in [0.15, 0.2) is 36.4 Å². The van der Waals surface area contributed by atoms with Crippen molar-refractivity contribution in [3.8, 4) is 17.2 Å². The first-order valence-electron chi connectivity index (χ1n) is 8.34. The van der Waals surface area contributed by atoms with Crippen molar-refractivity contribution in [1.82, 2.24) is 0 Å². The van der Waals surface area contributed by atoms with E-state index in [1.54, 1.807) is 12.1 Å². The van der Waals surface area contributed by atoms with Gasteiger partial charge in [0, 0.05) is 18.9 Å². The number of carbonyl (C=O) groups is 1. The van der Waals surface area contributed by atoms with Crippen molar-refractivity contribution < 1.29 is 30.3 Å². The van der Waals surface area contributed by atoms with Gasteiger partial charge in [-0.25, -0.2) is 0 Å². The van der Waals surface area contributed by atoms with E-state index in [1.807, 2.05) is 0 Å². The second kappa shape index (κ2) is 7.76. The van der Waals surface area contributed by atoms with Crippen molar-refractivity contribution in [1.29, 1.82) is 0 Å². The van der Waals surface area contributed by atoms with E-state index in [1.165, 1.54) is 32.0 Å². The third-order valence-electron chi connectivity index (χ3n) is 4.30. The summed E-state index contributed by atoms with van der Waals surface area (Å²) in [6.07, 6.45) is -0.635. The molecule has 0 aliphatic rings. The minimum absolute atomic E-state index is 0.0551. The Balaban J connectivity index is 2.15. The molecule has 2 aromatic rings. The van der Waals surface area contributed by atoms with Gasteiger partial charge in [0.2, 0.25) is 0 Å². The normalized spacial score (nSPS) is 12.8. The minimum atomic E-state index is -1.37. The van der Waals surface area contributed by atoms with Gasteiger partial charge in [-0.1, -0.05) is 12.1 Å². The number of ketones is 1. The Morgan fingerprint density at radius 2 is 1.65 bits per heavy atom. The molecule has 26 heavy (non-hydrogen) atoms. The molecule has 0 spiro atoms. The Morgan fingerprint density at radius 3 is 2.23 bits per heavy atom. The molecule has 0 unspecified atom stereocenters. The van der Waals surface area contributed by atoms with E-state index in [0.29, 0.717) is 6.42 Å². The highest BCUT2D eigenvalue weighted by atomic mass is 16.3. The molecule has 0 radical (unpaired) electrons. The average Bonchev–Trinajstić information content (AvgIpc) is 2.55. The smallest absolute Gasteiger partial charge is 0.166 e. The Kier molecular flexibility index (Phi) is 5.90. The molecule has 0 aromatic heterocycles. The van der Waals surface area contributed by atoms with Gasteiger partial charge in [0.1, 0.15) is 17.2 Å². The fourth-order valence-corrected chi connectivity index (χ4v) is 2.52. The van der Waals surface area contributed by atoms with E-state index in [2.05, 4.69) is 0 Å². The molecule has 6 nitrogen and oxygen atoms in total. The molecule has 2 aromatic carbocycles. The summed E-state index contributed by atoms with van der Waals surface area (Å²) >= 11 is 0. The SMILES string of the molecule is CC(C)(O)[C@@H](O)Cc1cc(C(=O)CCc2ccc(O)cc2)c(O)cc1O. The highest BCUT2D eigenvalue weighted by Crippen LogP contribution is 2.30. The lowest BCUT2D eigenvalue weighted by Gasteiger charge is -2.25. The van der Waals surface area contributed by atoms with Gasteiger partial charge in [-0.15, -0.1) is 0 Å². The van der Waals surface area contributed by atoms with Gasteiger partial charge >= 0.3 is 0 Å². The zero-order valence-electron chi connectivity index (χ0n) is 14.8. The lowest BCUT2D eigenvalue weighted by Crippen LogP contribution is -2.37. The van der Waals surface area contributed by atoms with Crippen LogP contribution in [0.25, 0.3) is 0 Å². The monoisotopic (exact) mass is 360 g/mol. The number of aryl methyl sites for hydroxylation is 1. The second-order valence-corrected chi connectivity index (χ2v) is 6.96. The molecule has 0 saturated heterocycles. The van der Waals surface area contributed by atoms with Crippen LogP contribution in [-0.2, 0) is 12.8 Å². The van der Waals surface area contributed by atoms with Gasteiger partial charge < -0.3 is 25.5 Å². The molecule has 0 aliphatic heterocycles. The standard InChI is InChI=1S/C20H24O6/c1-20(2,26)19(25)10-13-9-15(18(24)11-17(13)23)16(22)8-5-12-3-6-14(21)7-4-12/h3-4,6-7,9,11,19,21,23-26H,5,8,10H2,1-2H3/t19-/m0/s1. The third kappa shape index (κ3) is 4.97. The van der Waals surface area contributed by atoms with Crippen LogP contribution >= 0.6 is 0 Å². The van der Waals surface area contributed by atoms with E-state index < -0.39 is 11.7 Å². The van der Waals surface area contributed by atoms with Crippen molar-refractivity contribution in [3.63, 3.8) is 0 Å². The maximum absolute atomic E-state index is 12.4. The summed E-state index contributed by atoms with van der Waals surface area (Å²) in [5.41, 5.74) is -0.176. The molecule has 0 aliphatic carbocycles. The van der Waals surface area contributed by atoms with Crippen LogP contribution < -0.4 is 0 Å². The predicted molar refractivity (Wildman–Crippen MR) is 96.5 cm³/mol. The van der Waals surface area contributed by atoms with Crippen molar-refractivity contribution in [2.45, 2.75) is 44.8 Å². The Hall–Kier alpha value is -2.57. The molecule has 0 bridgehead atoms. The largest absolute Gasteiger partial charge is 0.508 e. The van der Waals surface area contributed by atoms with Crippen LogP contribution in [0.5, 0.6) is 17.2 Å². The van der Waals surface area contributed by atoms with Gasteiger partial charge in [0.15, 0.2) is 5.78 Å². The van der Waals surface area contributed by atoms with Crippen molar-refractivity contribution in [2.75, 3.05) is 0 Å². The van der Waals surface area contributed by atoms with Crippen LogP contribution in [-0.4, -0.2) is 43.0 Å². The van der Waals surface area contributed by atoms with Crippen molar-refractivity contribution in [3.05, 3.63) is 53.1 Å². The number of phenols is 3. The van der Waals surface area contributed by atoms with Gasteiger partial charge in [0.05, 0.1) is 17.3 Å². The third-order valence-corrected chi connectivity index (χ3v) is 4.30. The number of aliphatic hydroxyl groups is 2. The first-order valence-corrected chi connectivity index (χ1v) is 8.34. The van der Waals surface area contributed by atoms with E-state index in [9.17, 15) is 30.3 Å². The highest BCUT2D eigenvalue weighted by molar-refractivity contribution is 5.99. The van der Waals surface area contributed by atoms with Crippen molar-refractivity contribution in [2.24, 2.45) is 0 Å². The number of hydrogen-bond donors (Lipinski definition) is 5. The Morgan fingerprint density at radius 1 is 1.04 bits per heavy atom. The van der Waals surface area contributed by atoms with E-state index in [-0.39, 0.29) is 47.0 Å². The van der Waals surface area contributed by atoms with Gasteiger partial charge in [-0.2, -0.15) is 0 Å². The second-order valence-electron chi connectivity index (χ2n) is 6.96. The summed E-state index contributed by atoms with van der Waals surface area (Å²) in [5.74, 6) is -0.749. The van der Waals surface area contributed by atoms with Gasteiger partial charge in [-0.05, 0) is 49.6 Å². The quantitative estimate of drug-likeness (QED) is 0.484. The molecule has 0 saturated carbocycles. The number of rotatable bonds is 7. The summed E-state index contributed by atoms with van der Waals surface area (Å²) < 4.78 is 0. The number of benzene rings is 2. The van der Waals surface area contributed by atoms with Crippen LogP contribution in [0.2, 0.25) is 0 Å². The lowest BCUT2D eigenvalue weighted by molar-refractivity contribution is -0.0471. The Labute approximate surface area is 152 Å². The van der Waals surface area contributed by atoms with Gasteiger partial charge in [-0.3, -0.25) is 4.79 Å². The van der Waals surface area contributed by atoms with E-state index >= 15 is 0 Å². The zero-order chi connectivity index (χ0) is 19.5. The molecule has 5 N–H and O–H groups in total. The number of aromatic hydroxyl groups is 3. The molecular formula is C20H24O6. The Bertz CT molecular complexity index is 774. The van der Waals surface area contributed by atoms with E-state index in [0.717, 1.165) is 11.6 Å². The fraction of sp³-hybridized carbons (Fsp3) is 0.350. The number of hydrogen-bond acceptors (Lipinski definition) is 6. The summed E-state index contributed by atoms with van der Waals surface area (Å²) in [6, 6.07) is 8.91. The minimum Gasteiger partial charge on any atom is -0.508 e. The van der Waals surface area contributed by atoms with Crippen LogP contribution in [0.3, 0.4) is 0 Å². The van der Waals surface area contributed by atoms with Gasteiger partial charge in [0.25, 0.3) is 0 Å². The maximum atomic E-state index is 12.4. The predicted octanol–water partition coefficient (Wildman–Crippen LogP) is 2.29. The molecule has 6 heteroatoms. The number of phenolic OH excluding ortho intramolecular Hbond substituents is 3. The van der Waals surface area contributed by atoms with E-state index in [4.69, 9.17) is 0 Å². The molecule has 140 valence electrons.